The molecule has 1 saturated heterocycles. The van der Waals surface area contributed by atoms with Gasteiger partial charge in [-0.2, -0.15) is 0 Å². The molecule has 324 valence electrons. The van der Waals surface area contributed by atoms with Gasteiger partial charge in [-0.25, -0.2) is 9.59 Å². The van der Waals surface area contributed by atoms with Gasteiger partial charge in [0.05, 0.1) is 24.0 Å². The van der Waals surface area contributed by atoms with Gasteiger partial charge in [-0.3, -0.25) is 29.0 Å². The van der Waals surface area contributed by atoms with Crippen molar-refractivity contribution in [2.75, 3.05) is 20.7 Å². The number of carbonyl (C=O) groups excluding carboxylic acids is 5. The molecule has 1 fully saturated rings. The first-order chi connectivity index (χ1) is 27.8. The average Bonchev–Trinajstić information content (AvgIpc) is 3.19. The molecule has 0 bridgehead atoms. The molecule has 0 aromatic heterocycles. The standard InChI is InChI=1S/C41H60N8O10/c1-8-31-38(54)48-34(40(57)58)26(5)36(52)46-29(15-12-20-44-41(42)43)37(53)45-28(25(4)35(51)47-30(39(55)56)18-19-33(50)49(31)6)17-16-23(2)21-24(3)32(59-7)22-27-13-10-9-11-14-27/h8-11,13-14,16-17,21,24-26,28-30,32,34H,12,15,18-20,22H2,1-7H3,(H,45,53)(H,46,52)(H,47,51)(H,48,54)(H,55,56)(H,57,58)(H4,42,43,44)/b17-16+,23-21+,31-8-/t24-,25-,26-,28-,29-,30+,32-,34+/m1/s1. The summed E-state index contributed by atoms with van der Waals surface area (Å²) >= 11 is 0. The fourth-order valence-electron chi connectivity index (χ4n) is 6.38. The zero-order chi connectivity index (χ0) is 44.4. The fourth-order valence-corrected chi connectivity index (χ4v) is 6.38. The summed E-state index contributed by atoms with van der Waals surface area (Å²) in [4.78, 5) is 97.5. The number of amides is 5. The predicted octanol–water partition coefficient (Wildman–Crippen LogP) is 0.973. The summed E-state index contributed by atoms with van der Waals surface area (Å²) in [6.45, 7) is 8.07. The van der Waals surface area contributed by atoms with Gasteiger partial charge in [0.15, 0.2) is 5.96 Å². The smallest absolute Gasteiger partial charge is 0.327 e. The lowest BCUT2D eigenvalue weighted by Gasteiger charge is -2.28. The van der Waals surface area contributed by atoms with Crippen LogP contribution in [0.3, 0.4) is 0 Å². The van der Waals surface area contributed by atoms with Crippen LogP contribution in [0.15, 0.2) is 70.9 Å². The Balaban J connectivity index is 2.63. The summed E-state index contributed by atoms with van der Waals surface area (Å²) in [5.41, 5.74) is 12.5. The number of likely N-dealkylation sites (N-methyl/N-ethyl adjacent to an activating group) is 1. The summed E-state index contributed by atoms with van der Waals surface area (Å²) in [7, 11) is 2.88. The first-order valence-corrected chi connectivity index (χ1v) is 19.4. The second-order valence-corrected chi connectivity index (χ2v) is 14.6. The van der Waals surface area contributed by atoms with Crippen LogP contribution in [0, 0.1) is 17.8 Å². The second kappa shape index (κ2) is 24.0. The Labute approximate surface area is 344 Å². The third kappa shape index (κ3) is 15.7. The Morgan fingerprint density at radius 3 is 2.19 bits per heavy atom. The molecule has 1 aliphatic rings. The molecule has 18 heteroatoms. The van der Waals surface area contributed by atoms with E-state index in [0.717, 1.165) is 16.0 Å². The van der Waals surface area contributed by atoms with E-state index in [-0.39, 0.29) is 49.5 Å². The topological polar surface area (TPSA) is 285 Å². The highest BCUT2D eigenvalue weighted by atomic mass is 16.5. The first-order valence-electron chi connectivity index (χ1n) is 19.4. The molecule has 0 aliphatic carbocycles. The van der Waals surface area contributed by atoms with E-state index in [1.165, 1.54) is 33.9 Å². The van der Waals surface area contributed by atoms with Crippen molar-refractivity contribution in [1.82, 2.24) is 26.2 Å². The predicted molar refractivity (Wildman–Crippen MR) is 220 cm³/mol. The van der Waals surface area contributed by atoms with Crippen molar-refractivity contribution in [3.63, 3.8) is 0 Å². The summed E-state index contributed by atoms with van der Waals surface area (Å²) in [6.07, 6.45) is 6.35. The number of methoxy groups -OCH3 is 1. The molecule has 1 heterocycles. The number of allylic oxidation sites excluding steroid dienone is 3. The number of hydrogen-bond acceptors (Lipinski definition) is 9. The summed E-state index contributed by atoms with van der Waals surface area (Å²) < 4.78 is 5.79. The van der Waals surface area contributed by atoms with Gasteiger partial charge in [-0.15, -0.1) is 0 Å². The van der Waals surface area contributed by atoms with Gasteiger partial charge in [0.2, 0.25) is 23.6 Å². The van der Waals surface area contributed by atoms with Crippen LogP contribution in [0.1, 0.15) is 65.9 Å². The Hall–Kier alpha value is -6.04. The number of benzene rings is 1. The second-order valence-electron chi connectivity index (χ2n) is 14.6. The summed E-state index contributed by atoms with van der Waals surface area (Å²) in [5, 5.41) is 30.2. The maximum Gasteiger partial charge on any atom is 0.327 e. The lowest BCUT2D eigenvalue weighted by molar-refractivity contribution is -0.146. The summed E-state index contributed by atoms with van der Waals surface area (Å²) in [5.74, 6) is -9.91. The average molecular weight is 825 g/mol. The van der Waals surface area contributed by atoms with E-state index in [1.807, 2.05) is 50.3 Å². The minimum atomic E-state index is -1.80. The van der Waals surface area contributed by atoms with E-state index in [1.54, 1.807) is 19.3 Å². The van der Waals surface area contributed by atoms with Gasteiger partial charge in [-0.05, 0) is 45.1 Å². The molecule has 8 atom stereocenters. The molecule has 1 aromatic carbocycles. The first kappa shape index (κ1) is 49.1. The quantitative estimate of drug-likeness (QED) is 0.0454. The highest BCUT2D eigenvalue weighted by Gasteiger charge is 2.36. The molecule has 0 saturated carbocycles. The minimum absolute atomic E-state index is 0.0326. The van der Waals surface area contributed by atoms with E-state index in [0.29, 0.717) is 6.42 Å². The molecule has 10 N–H and O–H groups in total. The number of carboxylic acids is 2. The van der Waals surface area contributed by atoms with Crippen LogP contribution < -0.4 is 32.7 Å². The molecule has 2 rings (SSSR count). The molecule has 0 unspecified atom stereocenters. The largest absolute Gasteiger partial charge is 0.480 e. The van der Waals surface area contributed by atoms with Crippen LogP contribution in [0.5, 0.6) is 0 Å². The molecule has 59 heavy (non-hydrogen) atoms. The van der Waals surface area contributed by atoms with Crippen molar-refractivity contribution in [2.45, 2.75) is 97.0 Å². The number of ether oxygens (including phenoxy) is 1. The number of aliphatic imine (C=N–C) groups is 1. The van der Waals surface area contributed by atoms with Crippen molar-refractivity contribution in [1.29, 1.82) is 0 Å². The number of nitrogens with one attached hydrogen (secondary N) is 4. The van der Waals surface area contributed by atoms with Crippen molar-refractivity contribution < 1.29 is 48.5 Å². The number of nitrogens with zero attached hydrogens (tertiary/aromatic N) is 2. The third-order valence-electron chi connectivity index (χ3n) is 10.1. The number of rotatable bonds is 13. The van der Waals surface area contributed by atoms with Gasteiger partial charge in [-0.1, -0.05) is 81.0 Å². The number of guanidine groups is 1. The van der Waals surface area contributed by atoms with Gasteiger partial charge in [0.25, 0.3) is 5.91 Å². The number of hydrogen-bond donors (Lipinski definition) is 8. The van der Waals surface area contributed by atoms with Crippen LogP contribution in [0.4, 0.5) is 0 Å². The Morgan fingerprint density at radius 2 is 1.61 bits per heavy atom. The Morgan fingerprint density at radius 1 is 0.966 bits per heavy atom. The SMILES string of the molecule is C/C=C1/C(=O)N[C@H](C(=O)O)[C@@H](C)C(=O)N[C@H](CCCN=C(N)N)C(=O)N[C@H](/C=C/C(C)=C/[C@@H](C)[C@@H](Cc2ccccc2)OC)[C@@H](C)C(=O)N[C@H](C(=O)O)CCC(=O)N1C. The molecule has 5 amide bonds. The summed E-state index contributed by atoms with van der Waals surface area (Å²) in [6, 6.07) is 4.12. The molecular weight excluding hydrogens is 764 g/mol. The third-order valence-corrected chi connectivity index (χ3v) is 10.1. The maximum atomic E-state index is 14.1. The molecule has 1 aromatic rings. The van der Waals surface area contributed by atoms with E-state index in [2.05, 4.69) is 26.3 Å². The van der Waals surface area contributed by atoms with E-state index < -0.39 is 83.9 Å². The van der Waals surface area contributed by atoms with Crippen molar-refractivity contribution in [3.8, 4) is 0 Å². The molecule has 0 radical (unpaired) electrons. The molecule has 18 nitrogen and oxygen atoms in total. The highest BCUT2D eigenvalue weighted by molar-refractivity contribution is 6.00. The zero-order valence-electron chi connectivity index (χ0n) is 34.8. The zero-order valence-corrected chi connectivity index (χ0v) is 34.8. The van der Waals surface area contributed by atoms with Crippen molar-refractivity contribution in [2.24, 2.45) is 34.2 Å². The van der Waals surface area contributed by atoms with Crippen LogP contribution >= 0.6 is 0 Å². The van der Waals surface area contributed by atoms with E-state index >= 15 is 0 Å². The number of aliphatic carboxylic acids is 2. The van der Waals surface area contributed by atoms with Crippen molar-refractivity contribution >= 4 is 47.4 Å². The number of carbonyl (C=O) groups is 7. The Kier molecular flexibility index (Phi) is 20.0. The molecule has 1 aliphatic heterocycles. The van der Waals surface area contributed by atoms with E-state index in [9.17, 15) is 43.8 Å². The minimum Gasteiger partial charge on any atom is -0.480 e. The maximum absolute atomic E-state index is 14.1. The van der Waals surface area contributed by atoms with Crippen LogP contribution in [0.2, 0.25) is 0 Å². The highest BCUT2D eigenvalue weighted by Crippen LogP contribution is 2.19. The Bertz CT molecular complexity index is 1780. The van der Waals surface area contributed by atoms with Crippen LogP contribution in [-0.4, -0.2) is 114 Å². The lowest BCUT2D eigenvalue weighted by Crippen LogP contribution is -2.56. The van der Waals surface area contributed by atoms with Gasteiger partial charge in [0, 0.05) is 33.0 Å². The number of nitrogens with two attached hydrogens (primary N) is 2. The van der Waals surface area contributed by atoms with Crippen molar-refractivity contribution in [3.05, 3.63) is 71.5 Å². The lowest BCUT2D eigenvalue weighted by atomic mass is 9.94. The van der Waals surface area contributed by atoms with Crippen LogP contribution in [-0.2, 0) is 44.7 Å². The van der Waals surface area contributed by atoms with Gasteiger partial charge >= 0.3 is 11.9 Å². The fraction of sp³-hybridized carbons (Fsp3) is 0.512. The van der Waals surface area contributed by atoms with E-state index in [4.69, 9.17) is 16.2 Å². The monoisotopic (exact) mass is 824 g/mol. The number of carboxylic acid groups (broad SMARTS) is 2. The van der Waals surface area contributed by atoms with Gasteiger partial charge < -0.3 is 52.6 Å². The normalized spacial score (nSPS) is 25.1. The van der Waals surface area contributed by atoms with Gasteiger partial charge in [0.1, 0.15) is 23.8 Å². The molecule has 0 spiro atoms. The molecular formula is C41H60N8O10. The van der Waals surface area contributed by atoms with Crippen LogP contribution in [0.25, 0.3) is 0 Å².